The molecule has 0 saturated carbocycles. The predicted molar refractivity (Wildman–Crippen MR) is 71.2 cm³/mol. The monoisotopic (exact) mass is 245 g/mol. The summed E-state index contributed by atoms with van der Waals surface area (Å²) in [6.45, 7) is 2.01. The quantitative estimate of drug-likeness (QED) is 0.850. The first-order chi connectivity index (χ1) is 8.70. The molecule has 0 aliphatic carbocycles. The van der Waals surface area contributed by atoms with E-state index in [1.165, 1.54) is 0 Å². The van der Waals surface area contributed by atoms with E-state index in [0.29, 0.717) is 12.2 Å². The molecular formula is C15H19NO2. The summed E-state index contributed by atoms with van der Waals surface area (Å²) in [5, 5.41) is 10.1. The highest BCUT2D eigenvalue weighted by Gasteiger charge is 2.20. The van der Waals surface area contributed by atoms with Crippen molar-refractivity contribution < 1.29 is 9.52 Å². The van der Waals surface area contributed by atoms with E-state index < -0.39 is 6.10 Å². The summed E-state index contributed by atoms with van der Waals surface area (Å²) in [4.78, 5) is 0. The van der Waals surface area contributed by atoms with Crippen LogP contribution in [0.15, 0.2) is 46.9 Å². The van der Waals surface area contributed by atoms with Gasteiger partial charge in [-0.2, -0.15) is 0 Å². The fourth-order valence-corrected chi connectivity index (χ4v) is 1.95. The smallest absolute Gasteiger partial charge is 0.134 e. The molecule has 3 nitrogen and oxygen atoms in total. The Morgan fingerprint density at radius 1 is 1.17 bits per heavy atom. The van der Waals surface area contributed by atoms with E-state index in [2.05, 4.69) is 0 Å². The van der Waals surface area contributed by atoms with Crippen LogP contribution in [0.4, 0.5) is 0 Å². The number of nitrogens with two attached hydrogens (primary N) is 1. The fraction of sp³-hybridized carbons (Fsp3) is 0.333. The summed E-state index contributed by atoms with van der Waals surface area (Å²) in [6, 6.07) is 13.2. The van der Waals surface area contributed by atoms with Gasteiger partial charge in [0.1, 0.15) is 17.6 Å². The molecular weight excluding hydrogens is 226 g/mol. The number of aryl methyl sites for hydroxylation is 1. The Labute approximate surface area is 107 Å². The third-order valence-corrected chi connectivity index (χ3v) is 3.04. The Hall–Kier alpha value is -1.58. The van der Waals surface area contributed by atoms with E-state index in [-0.39, 0.29) is 6.04 Å². The van der Waals surface area contributed by atoms with Crippen molar-refractivity contribution in [3.63, 3.8) is 0 Å². The zero-order valence-corrected chi connectivity index (χ0v) is 10.5. The minimum absolute atomic E-state index is 0.358. The van der Waals surface area contributed by atoms with Crippen molar-refractivity contribution in [1.29, 1.82) is 0 Å². The molecule has 0 bridgehead atoms. The topological polar surface area (TPSA) is 59.4 Å². The number of aliphatic hydroxyl groups is 1. The largest absolute Gasteiger partial charge is 0.463 e. The molecule has 2 unspecified atom stereocenters. The summed E-state index contributed by atoms with van der Waals surface area (Å²) in [5.41, 5.74) is 7.14. The van der Waals surface area contributed by atoms with Crippen molar-refractivity contribution in [2.45, 2.75) is 31.9 Å². The average Bonchev–Trinajstić information content (AvgIpc) is 2.87. The van der Waals surface area contributed by atoms with Gasteiger partial charge in [-0.3, -0.25) is 0 Å². The van der Waals surface area contributed by atoms with Gasteiger partial charge in [0.05, 0.1) is 0 Å². The molecule has 0 spiro atoms. The Bertz CT molecular complexity index is 478. The maximum absolute atomic E-state index is 10.1. The lowest BCUT2D eigenvalue weighted by atomic mass is 10.0. The van der Waals surface area contributed by atoms with Crippen LogP contribution in [0.2, 0.25) is 0 Å². The second kappa shape index (κ2) is 5.85. The number of rotatable bonds is 5. The van der Waals surface area contributed by atoms with Crippen molar-refractivity contribution in [2.24, 2.45) is 5.73 Å². The minimum Gasteiger partial charge on any atom is -0.463 e. The second-order valence-corrected chi connectivity index (χ2v) is 4.46. The van der Waals surface area contributed by atoms with Gasteiger partial charge in [0, 0.05) is 12.5 Å². The molecule has 0 aliphatic rings. The maximum atomic E-state index is 10.1. The molecule has 2 rings (SSSR count). The fourth-order valence-electron chi connectivity index (χ4n) is 1.95. The zero-order chi connectivity index (χ0) is 13.0. The molecule has 0 saturated heterocycles. The second-order valence-electron chi connectivity index (χ2n) is 4.46. The number of aliphatic hydroxyl groups excluding tert-OH is 1. The van der Waals surface area contributed by atoms with Crippen LogP contribution in [0, 0.1) is 0 Å². The molecule has 0 aliphatic heterocycles. The number of hydrogen-bond acceptors (Lipinski definition) is 3. The van der Waals surface area contributed by atoms with Crippen LogP contribution in [-0.4, -0.2) is 11.1 Å². The highest BCUT2D eigenvalue weighted by Crippen LogP contribution is 2.21. The lowest BCUT2D eigenvalue weighted by Crippen LogP contribution is -2.30. The van der Waals surface area contributed by atoms with Crippen molar-refractivity contribution in [1.82, 2.24) is 0 Å². The molecule has 0 amide bonds. The number of benzene rings is 1. The molecule has 0 radical (unpaired) electrons. The van der Waals surface area contributed by atoms with Gasteiger partial charge in [0.15, 0.2) is 0 Å². The Morgan fingerprint density at radius 2 is 1.89 bits per heavy atom. The molecule has 18 heavy (non-hydrogen) atoms. The van der Waals surface area contributed by atoms with E-state index in [1.54, 1.807) is 6.07 Å². The first kappa shape index (κ1) is 12.9. The Morgan fingerprint density at radius 3 is 2.50 bits per heavy atom. The minimum atomic E-state index is -0.759. The van der Waals surface area contributed by atoms with Crippen LogP contribution < -0.4 is 5.73 Å². The lowest BCUT2D eigenvalue weighted by Gasteiger charge is -2.16. The van der Waals surface area contributed by atoms with Crippen molar-refractivity contribution in [3.05, 3.63) is 59.5 Å². The molecule has 1 aromatic heterocycles. The molecule has 3 heteroatoms. The Balaban J connectivity index is 2.02. The normalized spacial score (nSPS) is 14.4. The summed E-state index contributed by atoms with van der Waals surface area (Å²) >= 11 is 0. The first-order valence-corrected chi connectivity index (χ1v) is 6.27. The molecule has 1 heterocycles. The average molecular weight is 245 g/mol. The van der Waals surface area contributed by atoms with Gasteiger partial charge in [-0.1, -0.05) is 37.3 Å². The van der Waals surface area contributed by atoms with E-state index >= 15 is 0 Å². The molecule has 1 aromatic carbocycles. The number of hydrogen-bond donors (Lipinski definition) is 2. The number of furan rings is 1. The summed E-state index contributed by atoms with van der Waals surface area (Å²) in [7, 11) is 0. The third-order valence-electron chi connectivity index (χ3n) is 3.04. The van der Waals surface area contributed by atoms with Crippen LogP contribution in [0.5, 0.6) is 0 Å². The molecule has 3 N–H and O–H groups in total. The van der Waals surface area contributed by atoms with Crippen molar-refractivity contribution in [2.75, 3.05) is 0 Å². The van der Waals surface area contributed by atoms with Gasteiger partial charge in [0.25, 0.3) is 0 Å². The van der Waals surface area contributed by atoms with Gasteiger partial charge >= 0.3 is 0 Å². The van der Waals surface area contributed by atoms with Crippen LogP contribution in [-0.2, 0) is 12.8 Å². The first-order valence-electron chi connectivity index (χ1n) is 6.27. The summed E-state index contributed by atoms with van der Waals surface area (Å²) in [6.07, 6.45) is 0.690. The summed E-state index contributed by atoms with van der Waals surface area (Å²) < 4.78 is 5.52. The van der Waals surface area contributed by atoms with Crippen LogP contribution in [0.25, 0.3) is 0 Å². The van der Waals surface area contributed by atoms with Gasteiger partial charge in [-0.05, 0) is 24.1 Å². The van der Waals surface area contributed by atoms with Gasteiger partial charge in [0.2, 0.25) is 0 Å². The molecule has 2 atom stereocenters. The van der Waals surface area contributed by atoms with Crippen LogP contribution >= 0.6 is 0 Å². The molecule has 2 aromatic rings. The highest BCUT2D eigenvalue weighted by atomic mass is 16.4. The van der Waals surface area contributed by atoms with E-state index in [9.17, 15) is 5.11 Å². The van der Waals surface area contributed by atoms with Crippen molar-refractivity contribution in [3.8, 4) is 0 Å². The van der Waals surface area contributed by atoms with Crippen molar-refractivity contribution >= 4 is 0 Å². The third kappa shape index (κ3) is 3.00. The maximum Gasteiger partial charge on any atom is 0.134 e. The molecule has 96 valence electrons. The standard InChI is InChI=1S/C15H19NO2/c1-2-12-8-9-14(18-12)15(17)13(16)10-11-6-4-3-5-7-11/h3-9,13,15,17H,2,10,16H2,1H3. The van der Waals surface area contributed by atoms with Gasteiger partial charge in [-0.25, -0.2) is 0 Å². The summed E-state index contributed by atoms with van der Waals surface area (Å²) in [5.74, 6) is 1.42. The molecule has 0 fully saturated rings. The SMILES string of the molecule is CCc1ccc(C(O)C(N)Cc2ccccc2)o1. The van der Waals surface area contributed by atoms with Crippen LogP contribution in [0.1, 0.15) is 30.1 Å². The van der Waals surface area contributed by atoms with E-state index in [0.717, 1.165) is 17.7 Å². The van der Waals surface area contributed by atoms with E-state index in [1.807, 2.05) is 43.3 Å². The predicted octanol–water partition coefficient (Wildman–Crippen LogP) is 2.45. The highest BCUT2D eigenvalue weighted by molar-refractivity contribution is 5.18. The zero-order valence-electron chi connectivity index (χ0n) is 10.5. The van der Waals surface area contributed by atoms with E-state index in [4.69, 9.17) is 10.2 Å². The van der Waals surface area contributed by atoms with Crippen LogP contribution in [0.3, 0.4) is 0 Å². The van der Waals surface area contributed by atoms with Gasteiger partial charge < -0.3 is 15.3 Å². The Kier molecular flexibility index (Phi) is 4.18. The lowest BCUT2D eigenvalue weighted by molar-refractivity contribution is 0.119. The van der Waals surface area contributed by atoms with Gasteiger partial charge in [-0.15, -0.1) is 0 Å².